The Morgan fingerprint density at radius 1 is 1.18 bits per heavy atom. The van der Waals surface area contributed by atoms with Crippen LogP contribution in [0, 0.1) is 32.1 Å². The van der Waals surface area contributed by atoms with Gasteiger partial charge in [-0.3, -0.25) is 9.59 Å². The van der Waals surface area contributed by atoms with Gasteiger partial charge in [-0.05, 0) is 56.2 Å². The number of pyridine rings is 1. The van der Waals surface area contributed by atoms with E-state index in [9.17, 15) is 9.59 Å². The highest BCUT2D eigenvalue weighted by atomic mass is 16.2. The molecule has 0 atom stereocenters. The fourth-order valence-electron chi connectivity index (χ4n) is 2.12. The number of carbonyl (C=O) groups is 1. The van der Waals surface area contributed by atoms with Gasteiger partial charge in [-0.25, -0.2) is 0 Å². The third-order valence-corrected chi connectivity index (χ3v) is 3.61. The van der Waals surface area contributed by atoms with Gasteiger partial charge in [-0.1, -0.05) is 6.07 Å². The van der Waals surface area contributed by atoms with E-state index in [0.717, 1.165) is 11.1 Å². The number of anilines is 1. The average molecular weight is 295 g/mol. The molecule has 0 aliphatic rings. The number of nitriles is 1. The number of aromatic nitrogens is 1. The number of nitrogens with one attached hydrogen (secondary N) is 1. The molecule has 1 aromatic heterocycles. The minimum Gasteiger partial charge on any atom is -0.325 e. The predicted molar refractivity (Wildman–Crippen MR) is 84.7 cm³/mol. The van der Waals surface area contributed by atoms with Gasteiger partial charge in [0.2, 0.25) is 5.91 Å². The highest BCUT2D eigenvalue weighted by Gasteiger charge is 2.10. The Bertz CT molecular complexity index is 829. The second kappa shape index (κ2) is 6.27. The Kier molecular flexibility index (Phi) is 4.42. The van der Waals surface area contributed by atoms with Crippen LogP contribution in [-0.2, 0) is 11.3 Å². The van der Waals surface area contributed by atoms with E-state index >= 15 is 0 Å². The first-order chi connectivity index (χ1) is 10.4. The van der Waals surface area contributed by atoms with Crippen LogP contribution in [0.4, 0.5) is 5.69 Å². The number of rotatable bonds is 3. The summed E-state index contributed by atoms with van der Waals surface area (Å²) in [6.45, 7) is 5.58. The van der Waals surface area contributed by atoms with Gasteiger partial charge in [-0.15, -0.1) is 0 Å². The number of nitrogens with zero attached hydrogens (tertiary/aromatic N) is 2. The van der Waals surface area contributed by atoms with Gasteiger partial charge >= 0.3 is 0 Å². The molecule has 0 unspecified atom stereocenters. The van der Waals surface area contributed by atoms with Crippen molar-refractivity contribution < 1.29 is 4.79 Å². The first-order valence-corrected chi connectivity index (χ1v) is 6.90. The highest BCUT2D eigenvalue weighted by molar-refractivity contribution is 5.90. The molecule has 0 aliphatic carbocycles. The van der Waals surface area contributed by atoms with Gasteiger partial charge < -0.3 is 9.88 Å². The fourth-order valence-corrected chi connectivity index (χ4v) is 2.12. The lowest BCUT2D eigenvalue weighted by atomic mass is 10.1. The van der Waals surface area contributed by atoms with E-state index in [1.165, 1.54) is 10.6 Å². The zero-order chi connectivity index (χ0) is 16.3. The summed E-state index contributed by atoms with van der Waals surface area (Å²) in [6, 6.07) is 10.6. The van der Waals surface area contributed by atoms with Gasteiger partial charge in [-0.2, -0.15) is 5.26 Å². The standard InChI is InChI=1S/C17H17N3O2/c1-11-4-7-15(8-12(11)2)19-16(21)10-20-13(3)5-6-14(9-18)17(20)22/h4-8H,10H2,1-3H3,(H,19,21). The lowest BCUT2D eigenvalue weighted by Crippen LogP contribution is -2.30. The molecule has 5 nitrogen and oxygen atoms in total. The summed E-state index contributed by atoms with van der Waals surface area (Å²) in [4.78, 5) is 24.2. The summed E-state index contributed by atoms with van der Waals surface area (Å²) in [5, 5.41) is 11.7. The zero-order valence-electron chi connectivity index (χ0n) is 12.8. The molecule has 22 heavy (non-hydrogen) atoms. The largest absolute Gasteiger partial charge is 0.325 e. The minimum absolute atomic E-state index is 0.0320. The molecule has 0 fully saturated rings. The quantitative estimate of drug-likeness (QED) is 0.944. The van der Waals surface area contributed by atoms with E-state index in [4.69, 9.17) is 5.26 Å². The third-order valence-electron chi connectivity index (χ3n) is 3.61. The molecule has 1 aromatic carbocycles. The number of amides is 1. The summed E-state index contributed by atoms with van der Waals surface area (Å²) in [5.74, 6) is -0.302. The summed E-state index contributed by atoms with van der Waals surface area (Å²) in [7, 11) is 0. The van der Waals surface area contributed by atoms with Crippen LogP contribution in [-0.4, -0.2) is 10.5 Å². The smallest absolute Gasteiger partial charge is 0.269 e. The van der Waals surface area contributed by atoms with Gasteiger partial charge in [0.15, 0.2) is 0 Å². The fraction of sp³-hybridized carbons (Fsp3) is 0.235. The van der Waals surface area contributed by atoms with E-state index in [1.807, 2.05) is 38.1 Å². The van der Waals surface area contributed by atoms with Gasteiger partial charge in [0.05, 0.1) is 0 Å². The van der Waals surface area contributed by atoms with Gasteiger partial charge in [0.25, 0.3) is 5.56 Å². The maximum atomic E-state index is 12.1. The average Bonchev–Trinajstić information content (AvgIpc) is 2.47. The maximum absolute atomic E-state index is 12.1. The molecule has 0 saturated carbocycles. The first-order valence-electron chi connectivity index (χ1n) is 6.90. The molecular formula is C17H17N3O2. The van der Waals surface area contributed by atoms with Crippen molar-refractivity contribution in [3.63, 3.8) is 0 Å². The van der Waals surface area contributed by atoms with E-state index in [-0.39, 0.29) is 18.0 Å². The summed E-state index contributed by atoms with van der Waals surface area (Å²) in [5.41, 5.74) is 3.14. The summed E-state index contributed by atoms with van der Waals surface area (Å²) < 4.78 is 1.30. The third kappa shape index (κ3) is 3.23. The van der Waals surface area contributed by atoms with Crippen molar-refractivity contribution in [2.45, 2.75) is 27.3 Å². The number of benzene rings is 1. The van der Waals surface area contributed by atoms with Gasteiger partial charge in [0.1, 0.15) is 18.2 Å². The number of hydrogen-bond acceptors (Lipinski definition) is 3. The van der Waals surface area contributed by atoms with E-state index in [1.54, 1.807) is 13.0 Å². The second-order valence-electron chi connectivity index (χ2n) is 5.24. The van der Waals surface area contributed by atoms with Crippen molar-refractivity contribution in [1.82, 2.24) is 4.57 Å². The molecule has 1 heterocycles. The van der Waals surface area contributed by atoms with Crippen molar-refractivity contribution in [2.75, 3.05) is 5.32 Å². The number of hydrogen-bond donors (Lipinski definition) is 1. The van der Waals surface area contributed by atoms with Crippen molar-refractivity contribution in [3.8, 4) is 6.07 Å². The van der Waals surface area contributed by atoms with Crippen LogP contribution in [0.25, 0.3) is 0 Å². The molecule has 0 radical (unpaired) electrons. The molecule has 0 saturated heterocycles. The van der Waals surface area contributed by atoms with Crippen LogP contribution in [0.3, 0.4) is 0 Å². The summed E-state index contributed by atoms with van der Waals surface area (Å²) in [6.07, 6.45) is 0. The molecule has 0 bridgehead atoms. The molecule has 1 N–H and O–H groups in total. The van der Waals surface area contributed by atoms with Crippen LogP contribution in [0.2, 0.25) is 0 Å². The number of carbonyl (C=O) groups excluding carboxylic acids is 1. The Morgan fingerprint density at radius 2 is 1.91 bits per heavy atom. The van der Waals surface area contributed by atoms with E-state index < -0.39 is 5.56 Å². The van der Waals surface area contributed by atoms with Crippen molar-refractivity contribution >= 4 is 11.6 Å². The van der Waals surface area contributed by atoms with Crippen LogP contribution in [0.15, 0.2) is 35.1 Å². The van der Waals surface area contributed by atoms with Crippen molar-refractivity contribution in [3.05, 3.63) is 63.1 Å². The first kappa shape index (κ1) is 15.5. The molecular weight excluding hydrogens is 278 g/mol. The monoisotopic (exact) mass is 295 g/mol. The van der Waals surface area contributed by atoms with Crippen LogP contribution in [0.1, 0.15) is 22.4 Å². The van der Waals surface area contributed by atoms with Gasteiger partial charge in [0, 0.05) is 11.4 Å². The van der Waals surface area contributed by atoms with Crippen LogP contribution < -0.4 is 10.9 Å². The Morgan fingerprint density at radius 3 is 2.55 bits per heavy atom. The normalized spacial score (nSPS) is 10.1. The topological polar surface area (TPSA) is 74.9 Å². The molecule has 0 spiro atoms. The maximum Gasteiger partial charge on any atom is 0.269 e. The molecule has 2 aromatic rings. The van der Waals surface area contributed by atoms with Crippen molar-refractivity contribution in [2.24, 2.45) is 0 Å². The lowest BCUT2D eigenvalue weighted by molar-refractivity contribution is -0.116. The molecule has 5 heteroatoms. The summed E-state index contributed by atoms with van der Waals surface area (Å²) >= 11 is 0. The number of aryl methyl sites for hydroxylation is 3. The Hall–Kier alpha value is -2.87. The molecule has 112 valence electrons. The lowest BCUT2D eigenvalue weighted by Gasteiger charge is -2.11. The SMILES string of the molecule is Cc1ccc(NC(=O)Cn2c(C)ccc(C#N)c2=O)cc1C. The highest BCUT2D eigenvalue weighted by Crippen LogP contribution is 2.14. The molecule has 0 aliphatic heterocycles. The van der Waals surface area contributed by atoms with Crippen molar-refractivity contribution in [1.29, 1.82) is 5.26 Å². The van der Waals surface area contributed by atoms with Crippen LogP contribution in [0.5, 0.6) is 0 Å². The zero-order valence-corrected chi connectivity index (χ0v) is 12.8. The Labute approximate surface area is 128 Å². The molecule has 1 amide bonds. The molecule has 2 rings (SSSR count). The van der Waals surface area contributed by atoms with Crippen LogP contribution >= 0.6 is 0 Å². The Balaban J connectivity index is 2.21. The van der Waals surface area contributed by atoms with E-state index in [0.29, 0.717) is 11.4 Å². The van der Waals surface area contributed by atoms with E-state index in [2.05, 4.69) is 5.32 Å². The second-order valence-corrected chi connectivity index (χ2v) is 5.24. The minimum atomic E-state index is -0.447. The predicted octanol–water partition coefficient (Wildman–Crippen LogP) is 2.28.